The standard InChI is InChI=1S/C27H33N5O3S/c1-18(2)24(27(34)35-3)30-25-21-7-5-6-8-22(21)28-23(29-25)17-31-13-15-32(16-14-31)26(33)19-9-11-20(36-4)12-10-19/h5-12,18,24H,13-17H2,1-4H3,(H,28,29,30)/t24-/m0/s1. The molecule has 0 radical (unpaired) electrons. The topological polar surface area (TPSA) is 87.7 Å². The van der Waals surface area contributed by atoms with Crippen molar-refractivity contribution in [1.82, 2.24) is 19.8 Å². The molecule has 0 spiro atoms. The van der Waals surface area contributed by atoms with Gasteiger partial charge in [0.05, 0.1) is 19.2 Å². The lowest BCUT2D eigenvalue weighted by atomic mass is 10.0. The molecule has 2 heterocycles. The van der Waals surface area contributed by atoms with Gasteiger partial charge < -0.3 is 15.0 Å². The summed E-state index contributed by atoms with van der Waals surface area (Å²) < 4.78 is 5.00. The van der Waals surface area contributed by atoms with Gasteiger partial charge in [0, 0.05) is 42.0 Å². The van der Waals surface area contributed by atoms with Crippen molar-refractivity contribution in [3.05, 3.63) is 59.9 Å². The first-order chi connectivity index (χ1) is 17.4. The molecule has 9 heteroatoms. The van der Waals surface area contributed by atoms with E-state index < -0.39 is 6.04 Å². The molecule has 1 atom stereocenters. The summed E-state index contributed by atoms with van der Waals surface area (Å²) >= 11 is 1.66. The van der Waals surface area contributed by atoms with Crippen LogP contribution in [0.4, 0.5) is 5.82 Å². The number of carbonyl (C=O) groups is 2. The van der Waals surface area contributed by atoms with Crippen molar-refractivity contribution in [2.24, 2.45) is 5.92 Å². The number of hydrogen-bond donors (Lipinski definition) is 1. The number of carbonyl (C=O) groups excluding carboxylic acids is 2. The zero-order chi connectivity index (χ0) is 25.7. The molecule has 0 aliphatic carbocycles. The molecule has 0 unspecified atom stereocenters. The van der Waals surface area contributed by atoms with Crippen molar-refractivity contribution in [2.45, 2.75) is 31.3 Å². The Morgan fingerprint density at radius 2 is 1.72 bits per heavy atom. The third kappa shape index (κ3) is 5.96. The summed E-state index contributed by atoms with van der Waals surface area (Å²) in [5.74, 6) is 1.08. The molecule has 1 fully saturated rings. The molecule has 1 saturated heterocycles. The summed E-state index contributed by atoms with van der Waals surface area (Å²) in [5, 5.41) is 4.16. The zero-order valence-corrected chi connectivity index (χ0v) is 22.0. The molecule has 8 nitrogen and oxygen atoms in total. The van der Waals surface area contributed by atoms with Crippen LogP contribution in [0.1, 0.15) is 30.0 Å². The summed E-state index contributed by atoms with van der Waals surface area (Å²) in [6.07, 6.45) is 2.02. The lowest BCUT2D eigenvalue weighted by Crippen LogP contribution is -2.48. The number of nitrogens with zero attached hydrogens (tertiary/aromatic N) is 4. The number of amides is 1. The minimum Gasteiger partial charge on any atom is -0.467 e. The van der Waals surface area contributed by atoms with Crippen LogP contribution < -0.4 is 5.32 Å². The Balaban J connectivity index is 1.46. The molecular formula is C27H33N5O3S. The highest BCUT2D eigenvalue weighted by Crippen LogP contribution is 2.23. The average Bonchev–Trinajstić information content (AvgIpc) is 2.91. The Hall–Kier alpha value is -3.17. The van der Waals surface area contributed by atoms with Gasteiger partial charge in [-0.3, -0.25) is 9.69 Å². The highest BCUT2D eigenvalue weighted by Gasteiger charge is 2.26. The van der Waals surface area contributed by atoms with E-state index >= 15 is 0 Å². The number of fused-ring (bicyclic) bond motifs is 1. The van der Waals surface area contributed by atoms with E-state index in [9.17, 15) is 9.59 Å². The molecule has 190 valence electrons. The SMILES string of the molecule is COC(=O)[C@@H](Nc1nc(CN2CCN(C(=O)c3ccc(SC)cc3)CC2)nc2ccccc12)C(C)C. The second kappa shape index (κ2) is 11.7. The van der Waals surface area contributed by atoms with Crippen LogP contribution in [0.25, 0.3) is 10.9 Å². The average molecular weight is 508 g/mol. The molecule has 1 aromatic heterocycles. The number of aromatic nitrogens is 2. The van der Waals surface area contributed by atoms with Gasteiger partial charge in [-0.25, -0.2) is 14.8 Å². The van der Waals surface area contributed by atoms with Crippen LogP contribution in [0.3, 0.4) is 0 Å². The van der Waals surface area contributed by atoms with Gasteiger partial charge in [-0.05, 0) is 48.6 Å². The summed E-state index contributed by atoms with van der Waals surface area (Å²) in [4.78, 5) is 40.1. The first kappa shape index (κ1) is 25.9. The predicted molar refractivity (Wildman–Crippen MR) is 143 cm³/mol. The van der Waals surface area contributed by atoms with E-state index in [1.54, 1.807) is 11.8 Å². The summed E-state index contributed by atoms with van der Waals surface area (Å²) in [6, 6.07) is 15.0. The van der Waals surface area contributed by atoms with Gasteiger partial charge >= 0.3 is 5.97 Å². The Kier molecular flexibility index (Phi) is 8.43. The van der Waals surface area contributed by atoms with Gasteiger partial charge in [0.15, 0.2) is 0 Å². The monoisotopic (exact) mass is 507 g/mol. The number of piperazine rings is 1. The maximum atomic E-state index is 12.9. The third-order valence-electron chi connectivity index (χ3n) is 6.43. The van der Waals surface area contributed by atoms with Gasteiger partial charge in [0.2, 0.25) is 0 Å². The summed E-state index contributed by atoms with van der Waals surface area (Å²) in [6.45, 7) is 7.29. The van der Waals surface area contributed by atoms with Crippen LogP contribution in [0.2, 0.25) is 0 Å². The van der Waals surface area contributed by atoms with Crippen LogP contribution in [-0.2, 0) is 16.1 Å². The van der Waals surface area contributed by atoms with Crippen LogP contribution >= 0.6 is 11.8 Å². The lowest BCUT2D eigenvalue weighted by Gasteiger charge is -2.34. The van der Waals surface area contributed by atoms with Gasteiger partial charge in [0.25, 0.3) is 5.91 Å². The highest BCUT2D eigenvalue weighted by molar-refractivity contribution is 7.98. The number of esters is 1. The molecule has 36 heavy (non-hydrogen) atoms. The maximum absolute atomic E-state index is 12.9. The number of methoxy groups -OCH3 is 1. The Labute approximate surface area is 216 Å². The summed E-state index contributed by atoms with van der Waals surface area (Å²) in [5.41, 5.74) is 1.54. The molecule has 1 amide bonds. The minimum atomic E-state index is -0.513. The predicted octanol–water partition coefficient (Wildman–Crippen LogP) is 3.92. The Morgan fingerprint density at radius 3 is 2.36 bits per heavy atom. The van der Waals surface area contributed by atoms with Crippen LogP contribution in [0.5, 0.6) is 0 Å². The second-order valence-electron chi connectivity index (χ2n) is 9.19. The largest absolute Gasteiger partial charge is 0.467 e. The van der Waals surface area contributed by atoms with Crippen molar-refractivity contribution in [3.63, 3.8) is 0 Å². The zero-order valence-electron chi connectivity index (χ0n) is 21.2. The number of nitrogens with one attached hydrogen (secondary N) is 1. The molecule has 2 aromatic carbocycles. The number of thioether (sulfide) groups is 1. The van der Waals surface area contributed by atoms with Crippen molar-refractivity contribution in [2.75, 3.05) is 44.9 Å². The van der Waals surface area contributed by atoms with E-state index in [4.69, 9.17) is 14.7 Å². The maximum Gasteiger partial charge on any atom is 0.328 e. The van der Waals surface area contributed by atoms with Gasteiger partial charge in [-0.2, -0.15) is 0 Å². The van der Waals surface area contributed by atoms with E-state index in [0.717, 1.165) is 34.5 Å². The molecule has 1 aliphatic rings. The number of para-hydroxylation sites is 1. The number of anilines is 1. The normalized spacial score (nSPS) is 15.2. The molecule has 1 aliphatic heterocycles. The van der Waals surface area contributed by atoms with E-state index in [0.29, 0.717) is 31.3 Å². The van der Waals surface area contributed by atoms with E-state index in [1.165, 1.54) is 7.11 Å². The van der Waals surface area contributed by atoms with E-state index in [-0.39, 0.29) is 17.8 Å². The van der Waals surface area contributed by atoms with Gasteiger partial charge in [0.1, 0.15) is 17.7 Å². The van der Waals surface area contributed by atoms with Crippen molar-refractivity contribution >= 4 is 40.4 Å². The Bertz CT molecular complexity index is 1210. The number of benzene rings is 2. The second-order valence-corrected chi connectivity index (χ2v) is 10.1. The fourth-order valence-corrected chi connectivity index (χ4v) is 4.71. The van der Waals surface area contributed by atoms with Crippen LogP contribution in [0.15, 0.2) is 53.4 Å². The minimum absolute atomic E-state index is 0.0252. The van der Waals surface area contributed by atoms with E-state index in [1.807, 2.05) is 73.5 Å². The first-order valence-corrected chi connectivity index (χ1v) is 13.4. The molecule has 4 rings (SSSR count). The number of hydrogen-bond acceptors (Lipinski definition) is 8. The van der Waals surface area contributed by atoms with Crippen LogP contribution in [0, 0.1) is 5.92 Å². The first-order valence-electron chi connectivity index (χ1n) is 12.1. The van der Waals surface area contributed by atoms with Crippen molar-refractivity contribution in [1.29, 1.82) is 0 Å². The summed E-state index contributed by atoms with van der Waals surface area (Å²) in [7, 11) is 1.40. The fraction of sp³-hybridized carbons (Fsp3) is 0.407. The smallest absolute Gasteiger partial charge is 0.328 e. The number of rotatable bonds is 8. The van der Waals surface area contributed by atoms with Crippen molar-refractivity contribution in [3.8, 4) is 0 Å². The van der Waals surface area contributed by atoms with Crippen LogP contribution in [-0.4, -0.2) is 77.2 Å². The molecule has 3 aromatic rings. The van der Waals surface area contributed by atoms with Crippen molar-refractivity contribution < 1.29 is 14.3 Å². The quantitative estimate of drug-likeness (QED) is 0.363. The molecule has 1 N–H and O–H groups in total. The number of ether oxygens (including phenoxy) is 1. The van der Waals surface area contributed by atoms with Gasteiger partial charge in [-0.1, -0.05) is 26.0 Å². The van der Waals surface area contributed by atoms with Gasteiger partial charge in [-0.15, -0.1) is 11.8 Å². The Morgan fingerprint density at radius 1 is 1.03 bits per heavy atom. The fourth-order valence-electron chi connectivity index (χ4n) is 4.30. The molecular weight excluding hydrogens is 474 g/mol. The van der Waals surface area contributed by atoms with E-state index in [2.05, 4.69) is 10.2 Å². The lowest BCUT2D eigenvalue weighted by molar-refractivity contribution is -0.142. The highest BCUT2D eigenvalue weighted by atomic mass is 32.2. The third-order valence-corrected chi connectivity index (χ3v) is 7.17. The molecule has 0 saturated carbocycles. The molecule has 0 bridgehead atoms.